The molecule has 0 fully saturated rings. The van der Waals surface area contributed by atoms with Crippen LogP contribution >= 0.6 is 0 Å². The van der Waals surface area contributed by atoms with Gasteiger partial charge in [0.1, 0.15) is 0 Å². The second kappa shape index (κ2) is 5.57. The van der Waals surface area contributed by atoms with Gasteiger partial charge in [-0.05, 0) is 12.8 Å². The molecule has 0 bridgehead atoms. The Bertz CT molecular complexity index is 164. The molecule has 0 saturated heterocycles. The molecule has 1 N–H and O–H groups in total. The van der Waals surface area contributed by atoms with E-state index < -0.39 is 5.97 Å². The van der Waals surface area contributed by atoms with Gasteiger partial charge in [0.05, 0.1) is 0 Å². The SMILES string of the molecule is CCC(CC)C(=O)NOC(C)=O. The van der Waals surface area contributed by atoms with E-state index in [4.69, 9.17) is 0 Å². The smallest absolute Gasteiger partial charge is 0.329 e. The highest BCUT2D eigenvalue weighted by Gasteiger charge is 2.14. The normalized spacial score (nSPS) is 9.67. The molecule has 0 aromatic heterocycles. The van der Waals surface area contributed by atoms with Crippen molar-refractivity contribution in [1.29, 1.82) is 0 Å². The Kier molecular flexibility index (Phi) is 5.08. The predicted octanol–water partition coefficient (Wildman–Crippen LogP) is 1.02. The third-order valence-corrected chi connectivity index (χ3v) is 1.65. The summed E-state index contributed by atoms with van der Waals surface area (Å²) >= 11 is 0. The van der Waals surface area contributed by atoms with Crippen LogP contribution in [0, 0.1) is 5.92 Å². The van der Waals surface area contributed by atoms with Crippen molar-refractivity contribution >= 4 is 11.9 Å². The zero-order valence-corrected chi connectivity index (χ0v) is 7.72. The third kappa shape index (κ3) is 3.95. The van der Waals surface area contributed by atoms with E-state index in [2.05, 4.69) is 10.3 Å². The first-order chi connectivity index (χ1) is 5.61. The number of carbonyl (C=O) groups is 2. The maximum absolute atomic E-state index is 11.1. The highest BCUT2D eigenvalue weighted by molar-refractivity contribution is 5.79. The van der Waals surface area contributed by atoms with E-state index in [-0.39, 0.29) is 11.8 Å². The average molecular weight is 173 g/mol. The minimum absolute atomic E-state index is 0.0654. The number of amides is 1. The Morgan fingerprint density at radius 1 is 1.33 bits per heavy atom. The largest absolute Gasteiger partial charge is 0.341 e. The van der Waals surface area contributed by atoms with Crippen LogP contribution in [0.15, 0.2) is 0 Å². The fourth-order valence-electron chi connectivity index (χ4n) is 0.865. The van der Waals surface area contributed by atoms with Gasteiger partial charge in [0.2, 0.25) is 0 Å². The van der Waals surface area contributed by atoms with E-state index in [9.17, 15) is 9.59 Å². The van der Waals surface area contributed by atoms with Gasteiger partial charge in [-0.15, -0.1) is 0 Å². The van der Waals surface area contributed by atoms with Crippen LogP contribution in [0.3, 0.4) is 0 Å². The van der Waals surface area contributed by atoms with Gasteiger partial charge in [0.25, 0.3) is 5.91 Å². The number of nitrogens with one attached hydrogen (secondary N) is 1. The van der Waals surface area contributed by atoms with Crippen LogP contribution in [-0.4, -0.2) is 11.9 Å². The van der Waals surface area contributed by atoms with Gasteiger partial charge in [-0.3, -0.25) is 9.59 Å². The Morgan fingerprint density at radius 2 is 1.83 bits per heavy atom. The van der Waals surface area contributed by atoms with E-state index in [0.717, 1.165) is 12.8 Å². The highest BCUT2D eigenvalue weighted by atomic mass is 16.7. The van der Waals surface area contributed by atoms with Crippen LogP contribution in [0.25, 0.3) is 0 Å². The summed E-state index contributed by atoms with van der Waals surface area (Å²) in [5.41, 5.74) is 2.10. The van der Waals surface area contributed by atoms with Crippen molar-refractivity contribution in [2.75, 3.05) is 0 Å². The number of carbonyl (C=O) groups excluding carboxylic acids is 2. The summed E-state index contributed by atoms with van der Waals surface area (Å²) in [6, 6.07) is 0. The van der Waals surface area contributed by atoms with Crippen molar-refractivity contribution in [3.63, 3.8) is 0 Å². The molecule has 0 aromatic rings. The van der Waals surface area contributed by atoms with Gasteiger partial charge < -0.3 is 4.84 Å². The first-order valence-corrected chi connectivity index (χ1v) is 4.09. The lowest BCUT2D eigenvalue weighted by Gasteiger charge is -2.10. The summed E-state index contributed by atoms with van der Waals surface area (Å²) in [4.78, 5) is 25.8. The molecular formula is C8H15NO3. The standard InChI is InChI=1S/C8H15NO3/c1-4-7(5-2)8(11)9-12-6(3)10/h7H,4-5H2,1-3H3,(H,9,11). The lowest BCUT2D eigenvalue weighted by Crippen LogP contribution is -2.31. The van der Waals surface area contributed by atoms with Crippen LogP contribution in [-0.2, 0) is 14.4 Å². The molecular weight excluding hydrogens is 158 g/mol. The molecule has 0 aliphatic rings. The fourth-order valence-corrected chi connectivity index (χ4v) is 0.865. The highest BCUT2D eigenvalue weighted by Crippen LogP contribution is 2.06. The number of hydrogen-bond donors (Lipinski definition) is 1. The predicted molar refractivity (Wildman–Crippen MR) is 44.0 cm³/mol. The van der Waals surface area contributed by atoms with Gasteiger partial charge >= 0.3 is 5.97 Å². The summed E-state index contributed by atoms with van der Waals surface area (Å²) < 4.78 is 0. The molecule has 4 heteroatoms. The van der Waals surface area contributed by atoms with Crippen LogP contribution in [0.2, 0.25) is 0 Å². The summed E-state index contributed by atoms with van der Waals surface area (Å²) in [5, 5.41) is 0. The zero-order chi connectivity index (χ0) is 9.56. The Balaban J connectivity index is 3.77. The summed E-state index contributed by atoms with van der Waals surface area (Å²) in [6.45, 7) is 5.08. The molecule has 4 nitrogen and oxygen atoms in total. The first-order valence-electron chi connectivity index (χ1n) is 4.09. The van der Waals surface area contributed by atoms with E-state index >= 15 is 0 Å². The van der Waals surface area contributed by atoms with E-state index in [1.165, 1.54) is 6.92 Å². The molecule has 0 aliphatic carbocycles. The van der Waals surface area contributed by atoms with Crippen LogP contribution in [0.4, 0.5) is 0 Å². The lowest BCUT2D eigenvalue weighted by molar-refractivity contribution is -0.157. The fraction of sp³-hybridized carbons (Fsp3) is 0.750. The number of hydrogen-bond acceptors (Lipinski definition) is 3. The van der Waals surface area contributed by atoms with E-state index in [1.807, 2.05) is 13.8 Å². The number of hydroxylamine groups is 1. The zero-order valence-electron chi connectivity index (χ0n) is 7.72. The molecule has 0 heterocycles. The van der Waals surface area contributed by atoms with Gasteiger partial charge in [-0.2, -0.15) is 5.48 Å². The molecule has 0 spiro atoms. The molecule has 0 unspecified atom stereocenters. The Hall–Kier alpha value is -1.06. The maximum atomic E-state index is 11.1. The molecule has 0 aliphatic heterocycles. The summed E-state index contributed by atoms with van der Waals surface area (Å²) in [7, 11) is 0. The quantitative estimate of drug-likeness (QED) is 0.648. The second-order valence-corrected chi connectivity index (χ2v) is 2.57. The molecule has 0 saturated carbocycles. The second-order valence-electron chi connectivity index (χ2n) is 2.57. The molecule has 0 rings (SSSR count). The van der Waals surface area contributed by atoms with Crippen LogP contribution < -0.4 is 5.48 Å². The average Bonchev–Trinajstić information content (AvgIpc) is 2.03. The molecule has 0 atom stereocenters. The number of rotatable bonds is 3. The van der Waals surface area contributed by atoms with E-state index in [1.54, 1.807) is 0 Å². The molecule has 0 radical (unpaired) electrons. The molecule has 12 heavy (non-hydrogen) atoms. The van der Waals surface area contributed by atoms with Crippen molar-refractivity contribution in [3.05, 3.63) is 0 Å². The molecule has 0 aromatic carbocycles. The van der Waals surface area contributed by atoms with Crippen molar-refractivity contribution in [2.45, 2.75) is 33.6 Å². The van der Waals surface area contributed by atoms with Crippen molar-refractivity contribution in [2.24, 2.45) is 5.92 Å². The van der Waals surface area contributed by atoms with Crippen LogP contribution in [0.5, 0.6) is 0 Å². The summed E-state index contributed by atoms with van der Waals surface area (Å²) in [6.07, 6.45) is 1.51. The van der Waals surface area contributed by atoms with E-state index in [0.29, 0.717) is 0 Å². The molecule has 1 amide bonds. The minimum atomic E-state index is -0.505. The topological polar surface area (TPSA) is 55.4 Å². The monoisotopic (exact) mass is 173 g/mol. The van der Waals surface area contributed by atoms with Crippen LogP contribution in [0.1, 0.15) is 33.6 Å². The maximum Gasteiger partial charge on any atom is 0.329 e. The Morgan fingerprint density at radius 3 is 2.17 bits per heavy atom. The van der Waals surface area contributed by atoms with Crippen molar-refractivity contribution in [3.8, 4) is 0 Å². The van der Waals surface area contributed by atoms with Gasteiger partial charge in [0, 0.05) is 12.8 Å². The van der Waals surface area contributed by atoms with Gasteiger partial charge in [-0.1, -0.05) is 13.8 Å². The Labute approximate surface area is 72.2 Å². The third-order valence-electron chi connectivity index (χ3n) is 1.65. The van der Waals surface area contributed by atoms with Gasteiger partial charge in [-0.25, -0.2) is 0 Å². The summed E-state index contributed by atoms with van der Waals surface area (Å²) in [5.74, 6) is -0.797. The lowest BCUT2D eigenvalue weighted by atomic mass is 10.0. The van der Waals surface area contributed by atoms with Gasteiger partial charge in [0.15, 0.2) is 0 Å². The minimum Gasteiger partial charge on any atom is -0.341 e. The van der Waals surface area contributed by atoms with Crippen molar-refractivity contribution in [1.82, 2.24) is 5.48 Å². The molecule has 70 valence electrons. The first kappa shape index (κ1) is 10.9. The van der Waals surface area contributed by atoms with Crippen molar-refractivity contribution < 1.29 is 14.4 Å².